The van der Waals surface area contributed by atoms with Gasteiger partial charge in [0.15, 0.2) is 5.69 Å². The third kappa shape index (κ3) is 3.50. The van der Waals surface area contributed by atoms with Crippen molar-refractivity contribution in [1.29, 1.82) is 0 Å². The van der Waals surface area contributed by atoms with Crippen molar-refractivity contribution in [1.82, 2.24) is 9.97 Å². The maximum absolute atomic E-state index is 13.3. The second-order valence-electron chi connectivity index (χ2n) is 6.84. The first-order valence-corrected chi connectivity index (χ1v) is 8.39. The fraction of sp³-hybridized carbons (Fsp3) is 0.688. The summed E-state index contributed by atoms with van der Waals surface area (Å²) < 4.78 is 39.8. The Morgan fingerprint density at radius 1 is 1.16 bits per heavy atom. The highest BCUT2D eigenvalue weighted by atomic mass is 19.4. The molecule has 9 heteroatoms. The van der Waals surface area contributed by atoms with Gasteiger partial charge in [-0.15, -0.1) is 0 Å². The number of aliphatic carboxylic acids is 1. The summed E-state index contributed by atoms with van der Waals surface area (Å²) in [4.78, 5) is 22.7. The third-order valence-electron chi connectivity index (χ3n) is 5.09. The molecule has 2 aliphatic rings. The highest BCUT2D eigenvalue weighted by molar-refractivity contribution is 5.70. The number of carboxylic acid groups (broad SMARTS) is 1. The van der Waals surface area contributed by atoms with E-state index >= 15 is 0 Å². The van der Waals surface area contributed by atoms with Gasteiger partial charge in [0.05, 0.1) is 5.92 Å². The van der Waals surface area contributed by atoms with E-state index in [0.717, 1.165) is 12.5 Å². The largest absolute Gasteiger partial charge is 0.481 e. The summed E-state index contributed by atoms with van der Waals surface area (Å²) in [7, 11) is 0. The normalized spacial score (nSPS) is 27.2. The Morgan fingerprint density at radius 3 is 2.32 bits per heavy atom. The number of nitrogens with zero attached hydrogens (tertiary/aromatic N) is 4. The fourth-order valence-electron chi connectivity index (χ4n) is 3.39. The fourth-order valence-corrected chi connectivity index (χ4v) is 3.39. The smallest absolute Gasteiger partial charge is 0.433 e. The highest BCUT2D eigenvalue weighted by Gasteiger charge is 2.38. The third-order valence-corrected chi connectivity index (χ3v) is 5.09. The Morgan fingerprint density at radius 2 is 1.84 bits per heavy atom. The van der Waals surface area contributed by atoms with Crippen molar-refractivity contribution in [2.45, 2.75) is 51.4 Å². The zero-order valence-corrected chi connectivity index (χ0v) is 14.1. The first-order valence-electron chi connectivity index (χ1n) is 8.39. The standard InChI is InChI=1S/C16H21F3N4O2/c1-9-3-5-23(9)15-20-12(16(17,18)19)8-13(21-15)22-6-4-11(14(24)25)7-10(22)2/h8-11H,3-7H2,1-2H3,(H,24,25). The lowest BCUT2D eigenvalue weighted by atomic mass is 9.92. The maximum Gasteiger partial charge on any atom is 0.433 e. The van der Waals surface area contributed by atoms with Crippen LogP contribution >= 0.6 is 0 Å². The molecule has 0 aromatic carbocycles. The van der Waals surface area contributed by atoms with E-state index < -0.39 is 23.8 Å². The molecule has 3 heterocycles. The molecule has 0 bridgehead atoms. The van der Waals surface area contributed by atoms with Crippen LogP contribution in [0.3, 0.4) is 0 Å². The van der Waals surface area contributed by atoms with E-state index in [1.165, 1.54) is 0 Å². The Balaban J connectivity index is 1.92. The van der Waals surface area contributed by atoms with Crippen molar-refractivity contribution in [3.8, 4) is 0 Å². The van der Waals surface area contributed by atoms with E-state index in [1.807, 2.05) is 13.8 Å². The van der Waals surface area contributed by atoms with Crippen molar-refractivity contribution in [2.75, 3.05) is 22.9 Å². The minimum absolute atomic E-state index is 0.0936. The first kappa shape index (κ1) is 17.8. The number of carbonyl (C=O) groups is 1. The van der Waals surface area contributed by atoms with Crippen LogP contribution in [0.4, 0.5) is 24.9 Å². The Bertz CT molecular complexity index is 667. The summed E-state index contributed by atoms with van der Waals surface area (Å²) in [6, 6.07) is 0.880. The van der Waals surface area contributed by atoms with Gasteiger partial charge < -0.3 is 14.9 Å². The molecule has 0 aliphatic carbocycles. The molecule has 1 N–H and O–H groups in total. The first-order chi connectivity index (χ1) is 11.7. The predicted molar refractivity (Wildman–Crippen MR) is 85.6 cm³/mol. The summed E-state index contributed by atoms with van der Waals surface area (Å²) in [6.07, 6.45) is -2.88. The Kier molecular flexibility index (Phi) is 4.51. The van der Waals surface area contributed by atoms with Crippen LogP contribution in [0.1, 0.15) is 38.8 Å². The number of anilines is 2. The number of hydrogen-bond acceptors (Lipinski definition) is 5. The summed E-state index contributed by atoms with van der Waals surface area (Å²) in [5.41, 5.74) is -0.959. The number of aromatic nitrogens is 2. The number of halogens is 3. The average Bonchev–Trinajstić information content (AvgIpc) is 2.52. The lowest BCUT2D eigenvalue weighted by Crippen LogP contribution is -2.47. The van der Waals surface area contributed by atoms with Gasteiger partial charge in [-0.2, -0.15) is 18.2 Å². The molecule has 3 atom stereocenters. The number of rotatable bonds is 3. The molecule has 2 saturated heterocycles. The SMILES string of the molecule is CC1CC(C(=O)O)CCN1c1cc(C(F)(F)F)nc(N2CCC2C)n1. The van der Waals surface area contributed by atoms with Gasteiger partial charge in [0.25, 0.3) is 0 Å². The highest BCUT2D eigenvalue weighted by Crippen LogP contribution is 2.35. The van der Waals surface area contributed by atoms with Gasteiger partial charge in [0.2, 0.25) is 5.95 Å². The molecule has 25 heavy (non-hydrogen) atoms. The summed E-state index contributed by atoms with van der Waals surface area (Å²) in [5.74, 6) is -1.02. The minimum atomic E-state index is -4.55. The van der Waals surface area contributed by atoms with Gasteiger partial charge in [-0.25, -0.2) is 4.98 Å². The molecule has 3 rings (SSSR count). The van der Waals surface area contributed by atoms with Gasteiger partial charge in [-0.3, -0.25) is 4.79 Å². The Hall–Kier alpha value is -2.06. The zero-order chi connectivity index (χ0) is 18.4. The summed E-state index contributed by atoms with van der Waals surface area (Å²) >= 11 is 0. The molecule has 6 nitrogen and oxygen atoms in total. The van der Waals surface area contributed by atoms with E-state index in [-0.39, 0.29) is 23.8 Å². The molecule has 0 amide bonds. The monoisotopic (exact) mass is 358 g/mol. The predicted octanol–water partition coefficient (Wildman–Crippen LogP) is 2.78. The van der Waals surface area contributed by atoms with Crippen molar-refractivity contribution in [2.24, 2.45) is 5.92 Å². The van der Waals surface area contributed by atoms with Gasteiger partial charge in [-0.05, 0) is 33.1 Å². The van der Waals surface area contributed by atoms with E-state index in [1.54, 1.807) is 9.80 Å². The van der Waals surface area contributed by atoms with Crippen molar-refractivity contribution < 1.29 is 23.1 Å². The number of alkyl halides is 3. The molecule has 2 aliphatic heterocycles. The van der Waals surface area contributed by atoms with Crippen LogP contribution < -0.4 is 9.80 Å². The number of hydrogen-bond donors (Lipinski definition) is 1. The molecule has 1 aromatic heterocycles. The summed E-state index contributed by atoms with van der Waals surface area (Å²) in [6.45, 7) is 4.74. The van der Waals surface area contributed by atoms with Crippen LogP contribution in [0, 0.1) is 5.92 Å². The molecule has 0 radical (unpaired) electrons. The molecule has 2 fully saturated rings. The lowest BCUT2D eigenvalue weighted by Gasteiger charge is -2.40. The van der Waals surface area contributed by atoms with E-state index in [0.29, 0.717) is 25.9 Å². The molecule has 0 saturated carbocycles. The zero-order valence-electron chi connectivity index (χ0n) is 14.1. The van der Waals surface area contributed by atoms with E-state index in [9.17, 15) is 18.0 Å². The van der Waals surface area contributed by atoms with Gasteiger partial charge in [-0.1, -0.05) is 0 Å². The molecule has 1 aromatic rings. The minimum Gasteiger partial charge on any atom is -0.481 e. The van der Waals surface area contributed by atoms with Crippen LogP contribution in [0.25, 0.3) is 0 Å². The average molecular weight is 358 g/mol. The van der Waals surface area contributed by atoms with Crippen LogP contribution in [-0.4, -0.2) is 46.2 Å². The second kappa shape index (κ2) is 6.34. The molecular formula is C16H21F3N4O2. The van der Waals surface area contributed by atoms with Crippen LogP contribution in [-0.2, 0) is 11.0 Å². The van der Waals surface area contributed by atoms with Crippen molar-refractivity contribution in [3.05, 3.63) is 11.8 Å². The van der Waals surface area contributed by atoms with Gasteiger partial charge in [0, 0.05) is 31.2 Å². The molecule has 3 unspecified atom stereocenters. The lowest BCUT2D eigenvalue weighted by molar-refractivity contribution is -0.142. The topological polar surface area (TPSA) is 69.6 Å². The van der Waals surface area contributed by atoms with Gasteiger partial charge in [0.1, 0.15) is 5.82 Å². The summed E-state index contributed by atoms with van der Waals surface area (Å²) in [5, 5.41) is 9.15. The van der Waals surface area contributed by atoms with Crippen molar-refractivity contribution >= 4 is 17.7 Å². The van der Waals surface area contributed by atoms with Gasteiger partial charge >= 0.3 is 12.1 Å². The van der Waals surface area contributed by atoms with Crippen LogP contribution in [0.5, 0.6) is 0 Å². The molecular weight excluding hydrogens is 337 g/mol. The quantitative estimate of drug-likeness (QED) is 0.896. The second-order valence-corrected chi connectivity index (χ2v) is 6.84. The molecule has 0 spiro atoms. The Labute approximate surface area is 143 Å². The number of piperidine rings is 1. The molecule has 138 valence electrons. The van der Waals surface area contributed by atoms with Crippen molar-refractivity contribution in [3.63, 3.8) is 0 Å². The number of carboxylic acids is 1. The maximum atomic E-state index is 13.3. The van der Waals surface area contributed by atoms with Crippen LogP contribution in [0.15, 0.2) is 6.07 Å². The van der Waals surface area contributed by atoms with Crippen LogP contribution in [0.2, 0.25) is 0 Å². The van der Waals surface area contributed by atoms with E-state index in [2.05, 4.69) is 9.97 Å². The van der Waals surface area contributed by atoms with E-state index in [4.69, 9.17) is 5.11 Å².